The molecule has 0 saturated carbocycles. The Morgan fingerprint density at radius 3 is 2.50 bits per heavy atom. The zero-order chi connectivity index (χ0) is 20.3. The van der Waals surface area contributed by atoms with Crippen molar-refractivity contribution in [2.45, 2.75) is 52.4 Å². The van der Waals surface area contributed by atoms with Gasteiger partial charge in [0.1, 0.15) is 0 Å². The summed E-state index contributed by atoms with van der Waals surface area (Å²) in [7, 11) is 1.40. The molecule has 1 atom stereocenters. The quantitative estimate of drug-likeness (QED) is 0.728. The summed E-state index contributed by atoms with van der Waals surface area (Å²) >= 11 is 0. The average Bonchev–Trinajstić information content (AvgIpc) is 2.94. The van der Waals surface area contributed by atoms with Gasteiger partial charge in [-0.05, 0) is 51.2 Å². The third-order valence-corrected chi connectivity index (χ3v) is 5.70. The molecule has 1 unspecified atom stereocenters. The highest BCUT2D eigenvalue weighted by Crippen LogP contribution is 2.45. The SMILES string of the molecule is CCOC(=O)C1=C(C)N2CCCCCC2=C(C(=O)OC)C1c1ccccc1C. The number of fused-ring (bicyclic) bond motifs is 1. The largest absolute Gasteiger partial charge is 0.466 e. The van der Waals surface area contributed by atoms with Crippen LogP contribution >= 0.6 is 0 Å². The Balaban J connectivity index is 2.29. The van der Waals surface area contributed by atoms with Crippen LogP contribution in [0, 0.1) is 6.92 Å². The number of carbonyl (C=O) groups excluding carboxylic acids is 2. The molecular weight excluding hydrogens is 354 g/mol. The van der Waals surface area contributed by atoms with Crippen molar-refractivity contribution in [1.29, 1.82) is 0 Å². The number of carbonyl (C=O) groups is 2. The number of methoxy groups -OCH3 is 1. The first-order chi connectivity index (χ1) is 13.5. The number of ether oxygens (including phenoxy) is 2. The van der Waals surface area contributed by atoms with E-state index in [1.165, 1.54) is 7.11 Å². The van der Waals surface area contributed by atoms with Crippen molar-refractivity contribution < 1.29 is 19.1 Å². The minimum atomic E-state index is -0.475. The number of nitrogens with zero attached hydrogens (tertiary/aromatic N) is 1. The molecule has 0 N–H and O–H groups in total. The fourth-order valence-electron chi connectivity index (χ4n) is 4.37. The topological polar surface area (TPSA) is 55.8 Å². The molecule has 0 bridgehead atoms. The lowest BCUT2D eigenvalue weighted by Gasteiger charge is -2.38. The number of rotatable bonds is 4. The van der Waals surface area contributed by atoms with Gasteiger partial charge in [-0.25, -0.2) is 9.59 Å². The Morgan fingerprint density at radius 1 is 1.07 bits per heavy atom. The van der Waals surface area contributed by atoms with Crippen LogP contribution < -0.4 is 0 Å². The second-order valence-electron chi connectivity index (χ2n) is 7.32. The number of aryl methyl sites for hydroxylation is 1. The molecular formula is C23H29NO4. The molecule has 2 aliphatic heterocycles. The number of allylic oxidation sites excluding steroid dienone is 2. The molecule has 1 aromatic rings. The van der Waals surface area contributed by atoms with Crippen molar-refractivity contribution in [3.63, 3.8) is 0 Å². The highest BCUT2D eigenvalue weighted by atomic mass is 16.5. The van der Waals surface area contributed by atoms with E-state index in [0.29, 0.717) is 17.8 Å². The van der Waals surface area contributed by atoms with Crippen LogP contribution in [0.3, 0.4) is 0 Å². The first kappa shape index (κ1) is 20.2. The van der Waals surface area contributed by atoms with E-state index >= 15 is 0 Å². The Morgan fingerprint density at radius 2 is 1.82 bits per heavy atom. The zero-order valence-electron chi connectivity index (χ0n) is 17.2. The number of benzene rings is 1. The predicted molar refractivity (Wildman–Crippen MR) is 107 cm³/mol. The maximum Gasteiger partial charge on any atom is 0.336 e. The van der Waals surface area contributed by atoms with Crippen molar-refractivity contribution in [2.24, 2.45) is 0 Å². The molecule has 150 valence electrons. The van der Waals surface area contributed by atoms with Crippen molar-refractivity contribution >= 4 is 11.9 Å². The minimum Gasteiger partial charge on any atom is -0.466 e. The van der Waals surface area contributed by atoms with Gasteiger partial charge in [0.25, 0.3) is 0 Å². The molecule has 0 amide bonds. The lowest BCUT2D eigenvalue weighted by molar-refractivity contribution is -0.139. The van der Waals surface area contributed by atoms with E-state index in [2.05, 4.69) is 4.90 Å². The van der Waals surface area contributed by atoms with E-state index in [-0.39, 0.29) is 11.9 Å². The lowest BCUT2D eigenvalue weighted by atomic mass is 9.77. The Hall–Kier alpha value is -2.56. The van der Waals surface area contributed by atoms with Crippen LogP contribution in [0.5, 0.6) is 0 Å². The molecule has 2 aliphatic rings. The maximum atomic E-state index is 13.0. The monoisotopic (exact) mass is 383 g/mol. The Kier molecular flexibility index (Phi) is 6.22. The number of hydrogen-bond donors (Lipinski definition) is 0. The highest BCUT2D eigenvalue weighted by molar-refractivity contribution is 6.00. The molecule has 0 spiro atoms. The second-order valence-corrected chi connectivity index (χ2v) is 7.32. The van der Waals surface area contributed by atoms with Crippen LogP contribution in [-0.4, -0.2) is 37.1 Å². The van der Waals surface area contributed by atoms with E-state index in [0.717, 1.165) is 54.7 Å². The molecule has 1 fully saturated rings. The first-order valence-corrected chi connectivity index (χ1v) is 10.0. The van der Waals surface area contributed by atoms with Crippen LogP contribution in [0.15, 0.2) is 46.8 Å². The number of esters is 2. The third-order valence-electron chi connectivity index (χ3n) is 5.70. The van der Waals surface area contributed by atoms with Crippen molar-refractivity contribution in [1.82, 2.24) is 4.90 Å². The predicted octanol–water partition coefficient (Wildman–Crippen LogP) is 4.23. The second kappa shape index (κ2) is 8.63. The van der Waals surface area contributed by atoms with Gasteiger partial charge in [0.05, 0.1) is 30.8 Å². The van der Waals surface area contributed by atoms with Gasteiger partial charge in [0.2, 0.25) is 0 Å². The third kappa shape index (κ3) is 3.58. The molecule has 5 nitrogen and oxygen atoms in total. The van der Waals surface area contributed by atoms with Gasteiger partial charge in [-0.2, -0.15) is 0 Å². The van der Waals surface area contributed by atoms with E-state index in [9.17, 15) is 9.59 Å². The summed E-state index contributed by atoms with van der Waals surface area (Å²) in [6.45, 7) is 6.86. The first-order valence-electron chi connectivity index (χ1n) is 10.0. The van der Waals surface area contributed by atoms with Gasteiger partial charge < -0.3 is 14.4 Å². The van der Waals surface area contributed by atoms with Crippen molar-refractivity contribution in [3.05, 3.63) is 57.9 Å². The van der Waals surface area contributed by atoms with Gasteiger partial charge in [0.15, 0.2) is 0 Å². The minimum absolute atomic E-state index is 0.292. The molecule has 28 heavy (non-hydrogen) atoms. The standard InChI is InChI=1S/C23H29NO4/c1-5-28-23(26)19-16(3)24-14-10-6-7-13-18(24)21(22(25)27-4)20(19)17-12-9-8-11-15(17)2/h8-9,11-12,20H,5-7,10,13-14H2,1-4H3. The summed E-state index contributed by atoms with van der Waals surface area (Å²) < 4.78 is 10.6. The van der Waals surface area contributed by atoms with Gasteiger partial charge in [-0.3, -0.25) is 0 Å². The van der Waals surface area contributed by atoms with E-state index in [4.69, 9.17) is 9.47 Å². The zero-order valence-corrected chi connectivity index (χ0v) is 17.2. The molecule has 5 heteroatoms. The van der Waals surface area contributed by atoms with Gasteiger partial charge in [0, 0.05) is 17.9 Å². The highest BCUT2D eigenvalue weighted by Gasteiger charge is 2.42. The molecule has 1 saturated heterocycles. The van der Waals surface area contributed by atoms with E-state index in [1.807, 2.05) is 38.1 Å². The van der Waals surface area contributed by atoms with Crippen LogP contribution in [0.25, 0.3) is 0 Å². The normalized spacial score (nSPS) is 19.9. The summed E-state index contributed by atoms with van der Waals surface area (Å²) in [6, 6.07) is 7.90. The van der Waals surface area contributed by atoms with Gasteiger partial charge in [-0.1, -0.05) is 30.7 Å². The number of hydrogen-bond acceptors (Lipinski definition) is 5. The fourth-order valence-corrected chi connectivity index (χ4v) is 4.37. The summed E-state index contributed by atoms with van der Waals surface area (Å²) in [6.07, 6.45) is 3.96. The molecule has 1 aromatic carbocycles. The summed E-state index contributed by atoms with van der Waals surface area (Å²) in [5.74, 6) is -1.21. The molecule has 0 aliphatic carbocycles. The molecule has 3 rings (SSSR count). The smallest absolute Gasteiger partial charge is 0.336 e. The maximum absolute atomic E-state index is 13.0. The summed E-state index contributed by atoms with van der Waals surface area (Å²) in [5, 5.41) is 0. The average molecular weight is 383 g/mol. The lowest BCUT2D eigenvalue weighted by Crippen LogP contribution is -2.36. The summed E-state index contributed by atoms with van der Waals surface area (Å²) in [4.78, 5) is 28.2. The van der Waals surface area contributed by atoms with E-state index in [1.54, 1.807) is 6.92 Å². The molecule has 2 heterocycles. The Labute approximate surface area is 167 Å². The van der Waals surface area contributed by atoms with Crippen LogP contribution in [-0.2, 0) is 19.1 Å². The molecule has 0 aromatic heterocycles. The summed E-state index contributed by atoms with van der Waals surface area (Å²) in [5.41, 5.74) is 4.97. The van der Waals surface area contributed by atoms with Crippen molar-refractivity contribution in [3.8, 4) is 0 Å². The van der Waals surface area contributed by atoms with Crippen LogP contribution in [0.2, 0.25) is 0 Å². The molecule has 0 radical (unpaired) electrons. The van der Waals surface area contributed by atoms with Gasteiger partial charge in [-0.15, -0.1) is 0 Å². The van der Waals surface area contributed by atoms with Crippen molar-refractivity contribution in [2.75, 3.05) is 20.3 Å². The van der Waals surface area contributed by atoms with Gasteiger partial charge >= 0.3 is 11.9 Å². The van der Waals surface area contributed by atoms with Crippen LogP contribution in [0.4, 0.5) is 0 Å². The Bertz CT molecular complexity index is 837. The van der Waals surface area contributed by atoms with E-state index < -0.39 is 5.92 Å². The van der Waals surface area contributed by atoms with Crippen LogP contribution in [0.1, 0.15) is 56.6 Å². The fraction of sp³-hybridized carbons (Fsp3) is 0.478.